The third-order valence-corrected chi connectivity index (χ3v) is 7.66. The number of pyridine rings is 1. The van der Waals surface area contributed by atoms with Crippen molar-refractivity contribution in [3.8, 4) is 5.75 Å². The number of ether oxygens (including phenoxy) is 1. The molecule has 4 aliphatic rings. The van der Waals surface area contributed by atoms with Crippen LogP contribution in [0.1, 0.15) is 44.1 Å². The number of aromatic nitrogens is 1. The van der Waals surface area contributed by atoms with Gasteiger partial charge in [0.15, 0.2) is 6.61 Å². The number of carbonyl (C=O) groups excluding carboxylic acids is 1. The van der Waals surface area contributed by atoms with Crippen LogP contribution < -0.4 is 4.74 Å². The van der Waals surface area contributed by atoms with Crippen LogP contribution in [0.4, 0.5) is 5.82 Å². The Balaban J connectivity index is 1.40. The molecule has 4 aliphatic carbocycles. The van der Waals surface area contributed by atoms with Crippen molar-refractivity contribution in [3.05, 3.63) is 63.3 Å². The predicted octanol–water partition coefficient (Wildman–Crippen LogP) is 5.02. The van der Waals surface area contributed by atoms with Gasteiger partial charge in [-0.3, -0.25) is 4.79 Å². The summed E-state index contributed by atoms with van der Waals surface area (Å²) in [7, 11) is 0. The van der Waals surface area contributed by atoms with Crippen molar-refractivity contribution in [2.24, 2.45) is 17.8 Å². The van der Waals surface area contributed by atoms with E-state index in [9.17, 15) is 14.9 Å². The smallest absolute Gasteiger partial charge is 0.406 e. The van der Waals surface area contributed by atoms with Crippen LogP contribution in [0.25, 0.3) is 0 Å². The molecule has 0 aliphatic heterocycles. The fraction of sp³-hybridized carbons (Fsp3) is 0.500. The van der Waals surface area contributed by atoms with Crippen LogP contribution in [-0.2, 0) is 11.3 Å². The molecule has 1 aromatic carbocycles. The molecule has 4 saturated carbocycles. The third kappa shape index (κ3) is 4.06. The molecule has 1 aromatic heterocycles. The average molecular weight is 456 g/mol. The Hall–Kier alpha value is -2.67. The van der Waals surface area contributed by atoms with Crippen molar-refractivity contribution in [2.75, 3.05) is 6.61 Å². The van der Waals surface area contributed by atoms with Gasteiger partial charge in [-0.1, -0.05) is 23.7 Å². The molecule has 0 saturated heterocycles. The second kappa shape index (κ2) is 8.35. The van der Waals surface area contributed by atoms with E-state index in [0.717, 1.165) is 24.8 Å². The molecule has 6 rings (SSSR count). The maximum absolute atomic E-state index is 13.6. The molecule has 0 spiro atoms. The van der Waals surface area contributed by atoms with E-state index in [1.165, 1.54) is 31.5 Å². The Labute approximate surface area is 191 Å². The fourth-order valence-corrected chi connectivity index (χ4v) is 6.66. The summed E-state index contributed by atoms with van der Waals surface area (Å²) >= 11 is 6.06. The zero-order chi connectivity index (χ0) is 22.3. The average Bonchev–Trinajstić information content (AvgIpc) is 2.76. The molecule has 1 amide bonds. The number of rotatable bonds is 7. The second-order valence-corrected chi connectivity index (χ2v) is 10.1. The predicted molar refractivity (Wildman–Crippen MR) is 119 cm³/mol. The number of hydrogen-bond donors (Lipinski definition) is 0. The van der Waals surface area contributed by atoms with Gasteiger partial charge in [0.05, 0.1) is 0 Å². The summed E-state index contributed by atoms with van der Waals surface area (Å²) < 4.78 is 5.64. The number of nitro groups is 1. The summed E-state index contributed by atoms with van der Waals surface area (Å²) in [6.45, 7) is 0.239. The summed E-state index contributed by atoms with van der Waals surface area (Å²) in [5.41, 5.74) is 0.862. The van der Waals surface area contributed by atoms with Crippen LogP contribution in [0.5, 0.6) is 5.75 Å². The zero-order valence-corrected chi connectivity index (χ0v) is 18.5. The minimum absolute atomic E-state index is 0.0165. The monoisotopic (exact) mass is 455 g/mol. The standard InChI is InChI=1S/C24H26ClN3O4/c25-20-5-3-16(4-6-20)14-27(24-11-17-8-18(12-24)10-19(9-17)13-24)22(29)15-32-21-2-1-7-26-23(21)28(30)31/h1-7,17-19H,8-15H2. The quantitative estimate of drug-likeness (QED) is 0.432. The number of halogens is 1. The molecule has 7 nitrogen and oxygen atoms in total. The molecule has 1 heterocycles. The lowest BCUT2D eigenvalue weighted by atomic mass is 9.52. The maximum atomic E-state index is 13.6. The molecule has 168 valence electrons. The fourth-order valence-electron chi connectivity index (χ4n) is 6.54. The second-order valence-electron chi connectivity index (χ2n) is 9.62. The van der Waals surface area contributed by atoms with Crippen LogP contribution in [0.2, 0.25) is 5.02 Å². The first-order valence-corrected chi connectivity index (χ1v) is 11.6. The zero-order valence-electron chi connectivity index (χ0n) is 17.8. The van der Waals surface area contributed by atoms with Crippen molar-refractivity contribution in [1.82, 2.24) is 9.88 Å². The largest absolute Gasteiger partial charge is 0.476 e. The summed E-state index contributed by atoms with van der Waals surface area (Å²) in [6, 6.07) is 10.6. The first kappa shape index (κ1) is 21.2. The molecule has 4 bridgehead atoms. The lowest BCUT2D eigenvalue weighted by Gasteiger charge is -2.60. The van der Waals surface area contributed by atoms with Crippen molar-refractivity contribution >= 4 is 23.3 Å². The van der Waals surface area contributed by atoms with E-state index in [2.05, 4.69) is 4.98 Å². The van der Waals surface area contributed by atoms with Crippen LogP contribution in [0.15, 0.2) is 42.6 Å². The van der Waals surface area contributed by atoms with Crippen LogP contribution >= 0.6 is 11.6 Å². The molecule has 0 N–H and O–H groups in total. The number of benzene rings is 1. The Morgan fingerprint density at radius 2 is 1.75 bits per heavy atom. The lowest BCUT2D eigenvalue weighted by molar-refractivity contribution is -0.390. The van der Waals surface area contributed by atoms with Gasteiger partial charge in [-0.2, -0.15) is 0 Å². The van der Waals surface area contributed by atoms with E-state index in [0.29, 0.717) is 29.3 Å². The summed E-state index contributed by atoms with van der Waals surface area (Å²) in [4.78, 5) is 30.0. The molecule has 0 radical (unpaired) electrons. The first-order valence-electron chi connectivity index (χ1n) is 11.2. The number of nitrogens with zero attached hydrogens (tertiary/aromatic N) is 3. The van der Waals surface area contributed by atoms with Gasteiger partial charge in [-0.25, -0.2) is 0 Å². The maximum Gasteiger partial charge on any atom is 0.406 e. The molecule has 32 heavy (non-hydrogen) atoms. The summed E-state index contributed by atoms with van der Waals surface area (Å²) in [6.07, 6.45) is 8.28. The van der Waals surface area contributed by atoms with Gasteiger partial charge in [-0.05, 0) is 96.0 Å². The van der Waals surface area contributed by atoms with E-state index in [1.54, 1.807) is 6.07 Å². The Bertz CT molecular complexity index is 991. The van der Waals surface area contributed by atoms with E-state index in [4.69, 9.17) is 16.3 Å². The van der Waals surface area contributed by atoms with Gasteiger partial charge in [0.1, 0.15) is 6.20 Å². The lowest BCUT2D eigenvalue weighted by Crippen LogP contribution is -2.61. The van der Waals surface area contributed by atoms with Crippen molar-refractivity contribution in [2.45, 2.75) is 50.6 Å². The molecule has 8 heteroatoms. The molecule has 4 fully saturated rings. The number of hydrogen-bond acceptors (Lipinski definition) is 5. The molecule has 2 aromatic rings. The number of amides is 1. The van der Waals surface area contributed by atoms with E-state index in [1.807, 2.05) is 29.2 Å². The van der Waals surface area contributed by atoms with Crippen molar-refractivity contribution < 1.29 is 14.5 Å². The van der Waals surface area contributed by atoms with Crippen molar-refractivity contribution in [1.29, 1.82) is 0 Å². The topological polar surface area (TPSA) is 85.6 Å². The van der Waals surface area contributed by atoms with Gasteiger partial charge >= 0.3 is 5.82 Å². The highest BCUT2D eigenvalue weighted by molar-refractivity contribution is 6.30. The molecular formula is C24H26ClN3O4. The van der Waals surface area contributed by atoms with Crippen LogP contribution in [0.3, 0.4) is 0 Å². The highest BCUT2D eigenvalue weighted by Crippen LogP contribution is 2.58. The van der Waals surface area contributed by atoms with Gasteiger partial charge < -0.3 is 19.8 Å². The van der Waals surface area contributed by atoms with E-state index in [-0.39, 0.29) is 29.6 Å². The van der Waals surface area contributed by atoms with Gasteiger partial charge in [0.2, 0.25) is 5.75 Å². The van der Waals surface area contributed by atoms with Crippen LogP contribution in [0, 0.1) is 27.9 Å². The van der Waals surface area contributed by atoms with Gasteiger partial charge in [-0.15, -0.1) is 0 Å². The van der Waals surface area contributed by atoms with Crippen molar-refractivity contribution in [3.63, 3.8) is 0 Å². The van der Waals surface area contributed by atoms with Gasteiger partial charge in [0.25, 0.3) is 5.91 Å². The SMILES string of the molecule is O=C(COc1cccnc1[N+](=O)[O-])N(Cc1ccc(Cl)cc1)C12CC3CC(CC(C3)C1)C2. The minimum Gasteiger partial charge on any atom is -0.476 e. The Kier molecular flexibility index (Phi) is 5.53. The summed E-state index contributed by atoms with van der Waals surface area (Å²) in [5, 5.41) is 11.9. The Morgan fingerprint density at radius 3 is 2.34 bits per heavy atom. The summed E-state index contributed by atoms with van der Waals surface area (Å²) in [5.74, 6) is 1.55. The molecular weight excluding hydrogens is 430 g/mol. The van der Waals surface area contributed by atoms with E-state index < -0.39 is 4.92 Å². The number of carbonyl (C=O) groups is 1. The van der Waals surface area contributed by atoms with E-state index >= 15 is 0 Å². The third-order valence-electron chi connectivity index (χ3n) is 7.41. The highest BCUT2D eigenvalue weighted by Gasteiger charge is 2.54. The molecule has 0 atom stereocenters. The minimum atomic E-state index is -0.593. The highest BCUT2D eigenvalue weighted by atomic mass is 35.5. The van der Waals surface area contributed by atoms with Gasteiger partial charge in [0, 0.05) is 17.1 Å². The normalized spacial score (nSPS) is 27.8. The first-order chi connectivity index (χ1) is 15.4. The molecule has 0 unspecified atom stereocenters. The Morgan fingerprint density at radius 1 is 1.12 bits per heavy atom. The van der Waals surface area contributed by atoms with Crippen LogP contribution in [-0.4, -0.2) is 32.9 Å².